The van der Waals surface area contributed by atoms with Crippen LogP contribution >= 0.6 is 0 Å². The number of carbonyl (C=O) groups excluding carboxylic acids is 2. The molecule has 126 valence electrons. The molecule has 0 atom stereocenters. The lowest BCUT2D eigenvalue weighted by atomic mass is 9.61. The average Bonchev–Trinajstić information content (AvgIpc) is 3.04. The minimum Gasteiger partial charge on any atom is -0.465 e. The van der Waals surface area contributed by atoms with E-state index in [0.29, 0.717) is 13.2 Å². The monoisotopic (exact) mass is 310 g/mol. The SMILES string of the molecule is CCOC(=O)C(C(=O)OCC)(C1CCCCC1)C1CCCC1. The fraction of sp³-hybridized carbons (Fsp3) is 0.889. The Morgan fingerprint density at radius 3 is 1.50 bits per heavy atom. The molecule has 0 radical (unpaired) electrons. The Bertz CT molecular complexity index is 361. The van der Waals surface area contributed by atoms with E-state index in [-0.39, 0.29) is 23.8 Å². The highest BCUT2D eigenvalue weighted by Gasteiger charge is 2.59. The van der Waals surface area contributed by atoms with Crippen molar-refractivity contribution in [1.82, 2.24) is 0 Å². The highest BCUT2D eigenvalue weighted by molar-refractivity contribution is 6.01. The molecule has 0 aromatic heterocycles. The Morgan fingerprint density at radius 1 is 0.773 bits per heavy atom. The summed E-state index contributed by atoms with van der Waals surface area (Å²) >= 11 is 0. The van der Waals surface area contributed by atoms with Gasteiger partial charge in [0.1, 0.15) is 0 Å². The molecule has 2 fully saturated rings. The van der Waals surface area contributed by atoms with Crippen molar-refractivity contribution in [2.45, 2.75) is 71.6 Å². The number of carbonyl (C=O) groups is 2. The number of rotatable bonds is 6. The summed E-state index contributed by atoms with van der Waals surface area (Å²) in [6.45, 7) is 4.26. The van der Waals surface area contributed by atoms with Gasteiger partial charge in [-0.05, 0) is 51.4 Å². The van der Waals surface area contributed by atoms with Crippen LogP contribution in [0.25, 0.3) is 0 Å². The van der Waals surface area contributed by atoms with Gasteiger partial charge in [-0.1, -0.05) is 32.1 Å². The maximum Gasteiger partial charge on any atom is 0.324 e. The summed E-state index contributed by atoms with van der Waals surface area (Å²) in [5.41, 5.74) is -1.05. The molecular formula is C18H30O4. The predicted octanol–water partition coefficient (Wildman–Crippen LogP) is 3.87. The standard InChI is InChI=1S/C18H30O4/c1-3-21-16(19)18(17(20)22-4-2,15-12-8-9-13-15)14-10-6-5-7-11-14/h14-15H,3-13H2,1-2H3. The van der Waals surface area contributed by atoms with Crippen molar-refractivity contribution in [1.29, 1.82) is 0 Å². The maximum atomic E-state index is 12.9. The largest absolute Gasteiger partial charge is 0.465 e. The zero-order valence-electron chi connectivity index (χ0n) is 14.1. The second-order valence-electron chi connectivity index (χ2n) is 6.63. The second kappa shape index (κ2) is 7.98. The fourth-order valence-corrected chi connectivity index (χ4v) is 4.52. The van der Waals surface area contributed by atoms with Crippen LogP contribution in [0, 0.1) is 17.3 Å². The lowest BCUT2D eigenvalue weighted by Gasteiger charge is -2.42. The van der Waals surface area contributed by atoms with Gasteiger partial charge in [0.2, 0.25) is 0 Å². The topological polar surface area (TPSA) is 52.6 Å². The summed E-state index contributed by atoms with van der Waals surface area (Å²) < 4.78 is 10.8. The van der Waals surface area contributed by atoms with Gasteiger partial charge in [-0.25, -0.2) is 0 Å². The van der Waals surface area contributed by atoms with Crippen LogP contribution in [0.5, 0.6) is 0 Å². The number of ether oxygens (including phenoxy) is 2. The van der Waals surface area contributed by atoms with Crippen LogP contribution in [0.4, 0.5) is 0 Å². The van der Waals surface area contributed by atoms with Crippen LogP contribution in [0.1, 0.15) is 71.6 Å². The van der Waals surface area contributed by atoms with Crippen LogP contribution in [-0.2, 0) is 19.1 Å². The van der Waals surface area contributed by atoms with E-state index in [1.807, 2.05) is 13.8 Å². The second-order valence-corrected chi connectivity index (χ2v) is 6.63. The third-order valence-corrected chi connectivity index (χ3v) is 5.47. The normalized spacial score (nSPS) is 20.8. The highest BCUT2D eigenvalue weighted by atomic mass is 16.6. The first-order valence-corrected chi connectivity index (χ1v) is 9.02. The first-order valence-electron chi connectivity index (χ1n) is 9.02. The zero-order chi connectivity index (χ0) is 16.0. The molecule has 0 spiro atoms. The highest BCUT2D eigenvalue weighted by Crippen LogP contribution is 2.51. The van der Waals surface area contributed by atoms with Crippen LogP contribution in [0.2, 0.25) is 0 Å². The van der Waals surface area contributed by atoms with E-state index in [9.17, 15) is 9.59 Å². The molecule has 0 saturated heterocycles. The third-order valence-electron chi connectivity index (χ3n) is 5.47. The molecule has 4 nitrogen and oxygen atoms in total. The summed E-state index contributed by atoms with van der Waals surface area (Å²) in [7, 11) is 0. The first kappa shape index (κ1) is 17.3. The molecule has 0 amide bonds. The lowest BCUT2D eigenvalue weighted by molar-refractivity contribution is -0.184. The van der Waals surface area contributed by atoms with Crippen molar-refractivity contribution in [3.8, 4) is 0 Å². The Balaban J connectivity index is 2.40. The van der Waals surface area contributed by atoms with Gasteiger partial charge in [0.15, 0.2) is 5.41 Å². The molecule has 2 aliphatic carbocycles. The van der Waals surface area contributed by atoms with Gasteiger partial charge in [-0.3, -0.25) is 9.59 Å². The first-order chi connectivity index (χ1) is 10.7. The van der Waals surface area contributed by atoms with Gasteiger partial charge >= 0.3 is 11.9 Å². The number of hydrogen-bond donors (Lipinski definition) is 0. The van der Waals surface area contributed by atoms with E-state index in [1.54, 1.807) is 0 Å². The van der Waals surface area contributed by atoms with Crippen molar-refractivity contribution in [3.05, 3.63) is 0 Å². The Kier molecular flexibility index (Phi) is 6.27. The number of esters is 2. The van der Waals surface area contributed by atoms with E-state index in [0.717, 1.165) is 51.4 Å². The van der Waals surface area contributed by atoms with Gasteiger partial charge < -0.3 is 9.47 Å². The van der Waals surface area contributed by atoms with Crippen LogP contribution < -0.4 is 0 Å². The summed E-state index contributed by atoms with van der Waals surface area (Å²) in [6.07, 6.45) is 9.33. The van der Waals surface area contributed by atoms with Crippen molar-refractivity contribution < 1.29 is 19.1 Å². The van der Waals surface area contributed by atoms with Gasteiger partial charge in [0.25, 0.3) is 0 Å². The molecule has 0 bridgehead atoms. The summed E-state index contributed by atoms with van der Waals surface area (Å²) in [4.78, 5) is 25.9. The molecular weight excluding hydrogens is 280 g/mol. The third kappa shape index (κ3) is 3.16. The zero-order valence-corrected chi connectivity index (χ0v) is 14.1. The Hall–Kier alpha value is -1.06. The quantitative estimate of drug-likeness (QED) is 0.552. The van der Waals surface area contributed by atoms with Gasteiger partial charge in [0.05, 0.1) is 13.2 Å². The molecule has 0 aliphatic heterocycles. The van der Waals surface area contributed by atoms with Crippen LogP contribution in [0.3, 0.4) is 0 Å². The molecule has 2 rings (SSSR count). The van der Waals surface area contributed by atoms with Gasteiger partial charge in [-0.15, -0.1) is 0 Å². The Labute approximate surface area is 133 Å². The molecule has 0 aromatic carbocycles. The number of hydrogen-bond acceptors (Lipinski definition) is 4. The molecule has 0 heterocycles. The van der Waals surface area contributed by atoms with E-state index in [4.69, 9.17) is 9.47 Å². The molecule has 22 heavy (non-hydrogen) atoms. The molecule has 0 N–H and O–H groups in total. The molecule has 0 unspecified atom stereocenters. The van der Waals surface area contributed by atoms with Crippen molar-refractivity contribution in [3.63, 3.8) is 0 Å². The van der Waals surface area contributed by atoms with E-state index < -0.39 is 5.41 Å². The van der Waals surface area contributed by atoms with Crippen molar-refractivity contribution >= 4 is 11.9 Å². The van der Waals surface area contributed by atoms with Crippen molar-refractivity contribution in [2.24, 2.45) is 17.3 Å². The summed E-state index contributed by atoms with van der Waals surface area (Å²) in [5.74, 6) is -0.476. The van der Waals surface area contributed by atoms with Crippen molar-refractivity contribution in [2.75, 3.05) is 13.2 Å². The lowest BCUT2D eigenvalue weighted by Crippen LogP contribution is -2.53. The predicted molar refractivity (Wildman–Crippen MR) is 84.2 cm³/mol. The van der Waals surface area contributed by atoms with E-state index in [1.165, 1.54) is 6.42 Å². The van der Waals surface area contributed by atoms with E-state index in [2.05, 4.69) is 0 Å². The summed E-state index contributed by atoms with van der Waals surface area (Å²) in [5, 5.41) is 0. The average molecular weight is 310 g/mol. The fourth-order valence-electron chi connectivity index (χ4n) is 4.52. The molecule has 2 saturated carbocycles. The summed E-state index contributed by atoms with van der Waals surface area (Å²) in [6, 6.07) is 0. The minimum atomic E-state index is -1.05. The minimum absolute atomic E-state index is 0.0856. The van der Waals surface area contributed by atoms with Crippen LogP contribution in [-0.4, -0.2) is 25.2 Å². The Morgan fingerprint density at radius 2 is 1.14 bits per heavy atom. The molecule has 2 aliphatic rings. The van der Waals surface area contributed by atoms with E-state index >= 15 is 0 Å². The maximum absolute atomic E-state index is 12.9. The molecule has 0 aromatic rings. The smallest absolute Gasteiger partial charge is 0.324 e. The van der Waals surface area contributed by atoms with Gasteiger partial charge in [-0.2, -0.15) is 0 Å². The molecule has 4 heteroatoms. The van der Waals surface area contributed by atoms with Crippen LogP contribution in [0.15, 0.2) is 0 Å². The van der Waals surface area contributed by atoms with Gasteiger partial charge in [0, 0.05) is 0 Å².